The van der Waals surface area contributed by atoms with Gasteiger partial charge < -0.3 is 15.0 Å². The Labute approximate surface area is 229 Å². The maximum atomic E-state index is 12.6. The van der Waals surface area contributed by atoms with Crippen LogP contribution in [-0.4, -0.2) is 48.9 Å². The Hall–Kier alpha value is -3.41. The molecule has 38 heavy (non-hydrogen) atoms. The summed E-state index contributed by atoms with van der Waals surface area (Å²) in [6.07, 6.45) is 37.1. The normalized spacial score (nSPS) is 16.6. The van der Waals surface area contributed by atoms with Crippen LogP contribution in [0, 0.1) is 0 Å². The fourth-order valence-electron chi connectivity index (χ4n) is 3.86. The van der Waals surface area contributed by atoms with Crippen molar-refractivity contribution < 1.29 is 19.1 Å². The number of amides is 2. The van der Waals surface area contributed by atoms with Crippen molar-refractivity contribution in [3.8, 4) is 0 Å². The Morgan fingerprint density at radius 3 is 1.84 bits per heavy atom. The molecule has 2 amide bonds. The maximum absolute atomic E-state index is 12.6. The van der Waals surface area contributed by atoms with Crippen molar-refractivity contribution in [2.75, 3.05) is 20.2 Å². The van der Waals surface area contributed by atoms with Crippen LogP contribution in [-0.2, 0) is 19.1 Å². The van der Waals surface area contributed by atoms with Gasteiger partial charge in [-0.2, -0.15) is 0 Å². The van der Waals surface area contributed by atoms with E-state index in [1.807, 2.05) is 4.90 Å². The van der Waals surface area contributed by atoms with Gasteiger partial charge in [0.25, 0.3) is 0 Å². The second-order valence-corrected chi connectivity index (χ2v) is 8.94. The van der Waals surface area contributed by atoms with Gasteiger partial charge >= 0.3 is 5.97 Å². The minimum Gasteiger partial charge on any atom is -0.466 e. The fraction of sp³-hybridized carbons (Fsp3) is 0.469. The van der Waals surface area contributed by atoms with Crippen LogP contribution in [0.1, 0.15) is 71.1 Å². The van der Waals surface area contributed by atoms with E-state index < -0.39 is 5.97 Å². The summed E-state index contributed by atoms with van der Waals surface area (Å²) >= 11 is 0. The highest BCUT2D eigenvalue weighted by molar-refractivity contribution is 5.94. The smallest absolute Gasteiger partial charge is 0.330 e. The van der Waals surface area contributed by atoms with Gasteiger partial charge in [-0.25, -0.2) is 4.79 Å². The lowest BCUT2D eigenvalue weighted by atomic mass is 10.2. The molecule has 1 rings (SSSR count). The molecule has 0 saturated carbocycles. The maximum Gasteiger partial charge on any atom is 0.330 e. The molecule has 0 radical (unpaired) electrons. The number of allylic oxidation sites excluding steroid dienone is 12. The van der Waals surface area contributed by atoms with Gasteiger partial charge in [-0.1, -0.05) is 79.8 Å². The Morgan fingerprint density at radius 2 is 1.32 bits per heavy atom. The molecule has 1 unspecified atom stereocenters. The van der Waals surface area contributed by atoms with Gasteiger partial charge in [-0.05, 0) is 57.8 Å². The summed E-state index contributed by atoms with van der Waals surface area (Å²) in [6.45, 7) is 3.25. The lowest BCUT2D eigenvalue weighted by molar-refractivity contribution is -0.135. The molecule has 0 aliphatic carbocycles. The lowest BCUT2D eigenvalue weighted by Crippen LogP contribution is -2.42. The molecule has 1 heterocycles. The van der Waals surface area contributed by atoms with E-state index in [1.54, 1.807) is 0 Å². The van der Waals surface area contributed by atoms with Gasteiger partial charge in [-0.3, -0.25) is 9.59 Å². The zero-order chi connectivity index (χ0) is 27.7. The van der Waals surface area contributed by atoms with Crippen LogP contribution < -0.4 is 5.32 Å². The van der Waals surface area contributed by atoms with Crippen LogP contribution in [0.4, 0.5) is 0 Å². The minimum absolute atomic E-state index is 0.00301. The van der Waals surface area contributed by atoms with Crippen molar-refractivity contribution in [2.24, 2.45) is 0 Å². The van der Waals surface area contributed by atoms with Gasteiger partial charge in [0, 0.05) is 37.7 Å². The van der Waals surface area contributed by atoms with E-state index >= 15 is 0 Å². The van der Waals surface area contributed by atoms with E-state index in [1.165, 1.54) is 7.11 Å². The van der Waals surface area contributed by atoms with Gasteiger partial charge in [0.1, 0.15) is 0 Å². The summed E-state index contributed by atoms with van der Waals surface area (Å²) in [5.74, 6) is -0.828. The first-order valence-corrected chi connectivity index (χ1v) is 13.8. The number of rotatable bonds is 18. The van der Waals surface area contributed by atoms with E-state index in [9.17, 15) is 14.4 Å². The van der Waals surface area contributed by atoms with Crippen LogP contribution in [0.3, 0.4) is 0 Å². The van der Waals surface area contributed by atoms with E-state index in [0.717, 1.165) is 70.1 Å². The van der Waals surface area contributed by atoms with Crippen molar-refractivity contribution in [1.29, 1.82) is 0 Å². The van der Waals surface area contributed by atoms with Gasteiger partial charge in [-0.15, -0.1) is 0 Å². The van der Waals surface area contributed by atoms with Crippen LogP contribution in [0.15, 0.2) is 85.1 Å². The van der Waals surface area contributed by atoms with Crippen LogP contribution in [0.25, 0.3) is 0 Å². The van der Waals surface area contributed by atoms with Gasteiger partial charge in [0.15, 0.2) is 0 Å². The molecule has 0 aromatic heterocycles. The van der Waals surface area contributed by atoms with E-state index in [0.29, 0.717) is 19.4 Å². The SMILES string of the molecule is CC/C=C\C/C=C\C/C=C\C/C=C\C/C=C\C/C=C\CCC(=O)N1CCCC1CNC(=O)C=CC(=O)OC. The number of carbonyl (C=O) groups is 3. The largest absolute Gasteiger partial charge is 0.466 e. The molecule has 1 aliphatic rings. The summed E-state index contributed by atoms with van der Waals surface area (Å²) in [7, 11) is 1.26. The van der Waals surface area contributed by atoms with Crippen LogP contribution in [0.5, 0.6) is 0 Å². The molecule has 0 aromatic rings. The zero-order valence-corrected chi connectivity index (χ0v) is 23.2. The zero-order valence-electron chi connectivity index (χ0n) is 23.2. The molecule has 0 aromatic carbocycles. The van der Waals surface area contributed by atoms with E-state index in [-0.39, 0.29) is 17.9 Å². The van der Waals surface area contributed by atoms with E-state index in [2.05, 4.69) is 89.9 Å². The lowest BCUT2D eigenvalue weighted by Gasteiger charge is -2.24. The molecular formula is C32H46N2O4. The first kappa shape index (κ1) is 32.6. The Kier molecular flexibility index (Phi) is 19.5. The fourth-order valence-corrected chi connectivity index (χ4v) is 3.86. The monoisotopic (exact) mass is 522 g/mol. The molecular weight excluding hydrogens is 476 g/mol. The van der Waals surface area contributed by atoms with Gasteiger partial charge in [0.2, 0.25) is 11.8 Å². The first-order valence-electron chi connectivity index (χ1n) is 13.8. The van der Waals surface area contributed by atoms with E-state index in [4.69, 9.17) is 0 Å². The molecule has 208 valence electrons. The molecule has 6 heteroatoms. The summed E-state index contributed by atoms with van der Waals surface area (Å²) in [5.41, 5.74) is 0. The molecule has 6 nitrogen and oxygen atoms in total. The number of esters is 1. The second-order valence-electron chi connectivity index (χ2n) is 8.94. The Balaban J connectivity index is 2.14. The molecule has 1 N–H and O–H groups in total. The molecule has 1 fully saturated rings. The predicted octanol–water partition coefficient (Wildman–Crippen LogP) is 6.30. The topological polar surface area (TPSA) is 75.7 Å². The average molecular weight is 523 g/mol. The highest BCUT2D eigenvalue weighted by Gasteiger charge is 2.28. The number of likely N-dealkylation sites (tertiary alicyclic amines) is 1. The number of nitrogens with zero attached hydrogens (tertiary/aromatic N) is 1. The summed E-state index contributed by atoms with van der Waals surface area (Å²) < 4.78 is 4.47. The molecule has 1 saturated heterocycles. The Morgan fingerprint density at radius 1 is 0.789 bits per heavy atom. The van der Waals surface area contributed by atoms with Crippen LogP contribution in [0.2, 0.25) is 0 Å². The predicted molar refractivity (Wildman–Crippen MR) is 156 cm³/mol. The van der Waals surface area contributed by atoms with Crippen molar-refractivity contribution in [2.45, 2.75) is 77.2 Å². The minimum atomic E-state index is -0.577. The summed E-state index contributed by atoms with van der Waals surface area (Å²) in [4.78, 5) is 37.4. The summed E-state index contributed by atoms with van der Waals surface area (Å²) in [5, 5.41) is 2.76. The molecule has 0 spiro atoms. The van der Waals surface area contributed by atoms with Crippen molar-refractivity contribution in [3.05, 3.63) is 85.1 Å². The quantitative estimate of drug-likeness (QED) is 0.130. The standard InChI is InChI=1S/C32H46N2O4/c1-3-4-5-6-7-8-9-10-11-12-13-14-15-16-17-18-19-20-21-24-31(36)34-27-22-23-29(34)28-33-30(35)25-26-32(37)38-2/h4-5,7-8,10-11,13-14,16-17,19-20,25-26,29H,3,6,9,12,15,18,21-24,27-28H2,1-2H3,(H,33,35)/b5-4-,8-7-,11-10-,14-13-,17-16-,20-19-,26-25?. The number of nitrogens with one attached hydrogen (secondary N) is 1. The number of carbonyl (C=O) groups excluding carboxylic acids is 3. The molecule has 1 aliphatic heterocycles. The van der Waals surface area contributed by atoms with Crippen molar-refractivity contribution >= 4 is 17.8 Å². The third-order valence-electron chi connectivity index (χ3n) is 5.90. The van der Waals surface area contributed by atoms with Crippen molar-refractivity contribution in [3.63, 3.8) is 0 Å². The number of ether oxygens (including phenoxy) is 1. The number of hydrogen-bond donors (Lipinski definition) is 1. The second kappa shape index (κ2) is 22.8. The van der Waals surface area contributed by atoms with Crippen LogP contribution >= 0.6 is 0 Å². The highest BCUT2D eigenvalue weighted by Crippen LogP contribution is 2.18. The highest BCUT2D eigenvalue weighted by atomic mass is 16.5. The first-order chi connectivity index (χ1) is 18.6. The van der Waals surface area contributed by atoms with Gasteiger partial charge in [0.05, 0.1) is 7.11 Å². The molecule has 0 bridgehead atoms. The Bertz CT molecular complexity index is 893. The molecule has 1 atom stereocenters. The van der Waals surface area contributed by atoms with Crippen molar-refractivity contribution in [1.82, 2.24) is 10.2 Å². The number of methoxy groups -OCH3 is 1. The summed E-state index contributed by atoms with van der Waals surface area (Å²) in [6, 6.07) is 0.00301. The number of hydrogen-bond acceptors (Lipinski definition) is 4. The third-order valence-corrected chi connectivity index (χ3v) is 5.90. The third kappa shape index (κ3) is 17.1. The average Bonchev–Trinajstić information content (AvgIpc) is 3.40.